The average Bonchev–Trinajstić information content (AvgIpc) is 3.16. The molecule has 0 saturated carbocycles. The molecule has 1 unspecified atom stereocenters. The standard InChI is InChI=1S/C24H39B19/c25-5-1(6(26)14(34)13(5)33)24(2-7(27)15(35)21(41)16(36)8(2)28,3-9(29)17(37)22(42)18(38)10(3)30)4-11(31)19(39)23(43)20(40)12(4)32/h5H,25-43H2. The van der Waals surface area contributed by atoms with Gasteiger partial charge in [0.15, 0.2) is 0 Å². The zero-order chi connectivity index (χ0) is 32.8. The van der Waals surface area contributed by atoms with Crippen molar-refractivity contribution in [1.29, 1.82) is 0 Å². The van der Waals surface area contributed by atoms with Gasteiger partial charge in [-0.25, -0.2) is 0 Å². The van der Waals surface area contributed by atoms with Crippen molar-refractivity contribution < 1.29 is 0 Å². The number of allylic oxidation sites excluding steroid dienone is 4. The molecule has 1 aliphatic rings. The minimum Gasteiger partial charge on any atom is -0.118 e. The molecule has 0 radical (unpaired) electrons. The molecule has 0 nitrogen and oxygen atoms in total. The third-order valence-corrected chi connectivity index (χ3v) is 13.2. The summed E-state index contributed by atoms with van der Waals surface area (Å²) in [6, 6.07) is 0. The summed E-state index contributed by atoms with van der Waals surface area (Å²) in [7, 11) is 45.2. The predicted molar refractivity (Wildman–Crippen MR) is 254 cm³/mol. The van der Waals surface area contributed by atoms with E-state index < -0.39 is 5.41 Å². The molecule has 0 fully saturated rings. The molecule has 43 heavy (non-hydrogen) atoms. The maximum absolute atomic E-state index is 2.48. The maximum Gasteiger partial charge on any atom is 0.138 e. The summed E-state index contributed by atoms with van der Waals surface area (Å²) in [4.78, 5) is 0. The van der Waals surface area contributed by atoms with Gasteiger partial charge in [-0.05, 0) is 22.5 Å². The van der Waals surface area contributed by atoms with Gasteiger partial charge in [-0.2, -0.15) is 0 Å². The Morgan fingerprint density at radius 1 is 0.302 bits per heavy atom. The Labute approximate surface area is 279 Å². The lowest BCUT2D eigenvalue weighted by Gasteiger charge is -2.49. The van der Waals surface area contributed by atoms with Crippen LogP contribution in [-0.2, 0) is 5.41 Å². The van der Waals surface area contributed by atoms with Crippen LogP contribution in [0.3, 0.4) is 0 Å². The van der Waals surface area contributed by atoms with Crippen molar-refractivity contribution in [2.24, 2.45) is 0 Å². The topological polar surface area (TPSA) is 0 Å². The summed E-state index contributed by atoms with van der Waals surface area (Å²) in [5, 5.41) is 0. The molecule has 3 aromatic rings. The zero-order valence-corrected chi connectivity index (χ0v) is 31.1. The van der Waals surface area contributed by atoms with Crippen LogP contribution in [-0.4, -0.2) is 149 Å². The lowest BCUT2D eigenvalue weighted by Crippen LogP contribution is -2.67. The average molecular weight is 533 g/mol. The first-order valence-electron chi connectivity index (χ1n) is 16.4. The number of benzene rings is 3. The molecule has 192 valence electrons. The summed E-state index contributed by atoms with van der Waals surface area (Å²) in [5.41, 5.74) is 31.7. The van der Waals surface area contributed by atoms with Crippen molar-refractivity contribution in [3.05, 3.63) is 38.7 Å². The second-order valence-electron chi connectivity index (χ2n) is 14.3. The van der Waals surface area contributed by atoms with Gasteiger partial charge >= 0.3 is 0 Å². The van der Waals surface area contributed by atoms with Crippen molar-refractivity contribution in [3.8, 4) is 0 Å². The molecule has 0 amide bonds. The van der Waals surface area contributed by atoms with Crippen LogP contribution in [0.1, 0.15) is 16.7 Å². The highest BCUT2D eigenvalue weighted by atomic mass is 14.5. The normalized spacial score (nSPS) is 15.4. The molecule has 0 spiro atoms. The Balaban J connectivity index is 2.60. The Kier molecular flexibility index (Phi) is 9.26. The van der Waals surface area contributed by atoms with E-state index in [0.717, 1.165) is 0 Å². The van der Waals surface area contributed by atoms with Crippen molar-refractivity contribution >= 4 is 231 Å². The van der Waals surface area contributed by atoms with Crippen LogP contribution in [0.25, 0.3) is 0 Å². The van der Waals surface area contributed by atoms with Crippen LogP contribution >= 0.6 is 0 Å². The highest BCUT2D eigenvalue weighted by Gasteiger charge is 2.49. The molecular formula is C24H39B19. The van der Waals surface area contributed by atoms with E-state index in [4.69, 9.17) is 0 Å². The molecule has 1 atom stereocenters. The first kappa shape index (κ1) is 34.3. The van der Waals surface area contributed by atoms with Crippen molar-refractivity contribution in [1.82, 2.24) is 0 Å². The van der Waals surface area contributed by atoms with E-state index in [0.29, 0.717) is 5.82 Å². The van der Waals surface area contributed by atoms with Crippen molar-refractivity contribution in [2.45, 2.75) is 11.2 Å². The predicted octanol–water partition coefficient (Wildman–Crippen LogP) is -24.3. The minimum absolute atomic E-state index is 0.335. The smallest absolute Gasteiger partial charge is 0.118 e. The van der Waals surface area contributed by atoms with E-state index >= 15 is 0 Å². The summed E-state index contributed by atoms with van der Waals surface area (Å²) in [5.74, 6) is 0.335. The van der Waals surface area contributed by atoms with E-state index in [1.165, 1.54) is 115 Å². The van der Waals surface area contributed by atoms with Gasteiger partial charge in [0, 0.05) is 0 Å². The molecule has 0 aliphatic heterocycles. The molecule has 0 heterocycles. The maximum atomic E-state index is 2.48. The number of rotatable bonds is 4. The van der Waals surface area contributed by atoms with Gasteiger partial charge < -0.3 is 0 Å². The van der Waals surface area contributed by atoms with Crippen LogP contribution < -0.4 is 81.9 Å². The van der Waals surface area contributed by atoms with Gasteiger partial charge in [0.25, 0.3) is 0 Å². The number of hydrogen-bond acceptors (Lipinski definition) is 0. The fraction of sp³-hybridized carbons (Fsp3) is 0.0833. The van der Waals surface area contributed by atoms with Gasteiger partial charge in [0.05, 0.1) is 5.41 Å². The van der Waals surface area contributed by atoms with Crippen LogP contribution in [0, 0.1) is 0 Å². The minimum atomic E-state index is -0.436. The van der Waals surface area contributed by atoms with Crippen LogP contribution in [0.5, 0.6) is 0 Å². The summed E-state index contributed by atoms with van der Waals surface area (Å²) in [6.45, 7) is 0. The van der Waals surface area contributed by atoms with E-state index in [1.807, 2.05) is 0 Å². The monoisotopic (exact) mass is 536 g/mol. The number of hydrogen-bond donors (Lipinski definition) is 0. The molecule has 0 bridgehead atoms. The molecule has 0 aromatic heterocycles. The molecule has 19 heteroatoms. The van der Waals surface area contributed by atoms with E-state index in [1.54, 1.807) is 5.57 Å². The zero-order valence-electron chi connectivity index (χ0n) is 31.1. The lowest BCUT2D eigenvalue weighted by atomic mass is 9.43. The van der Waals surface area contributed by atoms with Crippen molar-refractivity contribution in [3.63, 3.8) is 0 Å². The fourth-order valence-electron chi connectivity index (χ4n) is 8.94. The summed E-state index contributed by atoms with van der Waals surface area (Å²) in [6.07, 6.45) is 0. The summed E-state index contributed by atoms with van der Waals surface area (Å²) >= 11 is 0. The van der Waals surface area contributed by atoms with Crippen LogP contribution in [0.15, 0.2) is 22.0 Å². The first-order valence-corrected chi connectivity index (χ1v) is 16.4. The van der Waals surface area contributed by atoms with Gasteiger partial charge in [-0.1, -0.05) is 43.8 Å². The van der Waals surface area contributed by atoms with Crippen LogP contribution in [0.2, 0.25) is 5.82 Å². The molecular weight excluding hydrogens is 494 g/mol. The third kappa shape index (κ3) is 4.54. The first-order chi connectivity index (χ1) is 19.8. The second kappa shape index (κ2) is 11.6. The highest BCUT2D eigenvalue weighted by molar-refractivity contribution is 6.71. The van der Waals surface area contributed by atoms with Gasteiger partial charge in [-0.3, -0.25) is 0 Å². The molecule has 4 rings (SSSR count). The quantitative estimate of drug-likeness (QED) is 0.231. The largest absolute Gasteiger partial charge is 0.138 e. The second-order valence-corrected chi connectivity index (χ2v) is 14.3. The van der Waals surface area contributed by atoms with Gasteiger partial charge in [0.1, 0.15) is 149 Å². The van der Waals surface area contributed by atoms with Gasteiger partial charge in [0.2, 0.25) is 0 Å². The molecule has 0 saturated heterocycles. The molecule has 0 N–H and O–H groups in total. The van der Waals surface area contributed by atoms with Gasteiger partial charge in [-0.15, -0.1) is 60.1 Å². The Bertz CT molecular complexity index is 1560. The SMILES string of the molecule is BC1=C(B)C(B)C(C(c2c(B)c(B)c(B)c(B)c2B)(c2c(B)c(B)c(B)c(B)c2B)c2c(B)c(B)c(B)c(B)c2B)=C1B. The van der Waals surface area contributed by atoms with E-state index in [-0.39, 0.29) is 0 Å². The lowest BCUT2D eigenvalue weighted by molar-refractivity contribution is 0.737. The fourth-order valence-corrected chi connectivity index (χ4v) is 8.94. The molecule has 3 aromatic carbocycles. The molecule has 1 aliphatic carbocycles. The Morgan fingerprint density at radius 3 is 0.698 bits per heavy atom. The highest BCUT2D eigenvalue weighted by Crippen LogP contribution is 2.51. The summed E-state index contributed by atoms with van der Waals surface area (Å²) < 4.78 is 0. The Morgan fingerprint density at radius 2 is 0.512 bits per heavy atom. The van der Waals surface area contributed by atoms with E-state index in [2.05, 4.69) is 149 Å². The Hall–Kier alpha value is -1.63. The van der Waals surface area contributed by atoms with Crippen molar-refractivity contribution in [2.75, 3.05) is 0 Å². The van der Waals surface area contributed by atoms with E-state index in [9.17, 15) is 0 Å². The third-order valence-electron chi connectivity index (χ3n) is 13.2. The van der Waals surface area contributed by atoms with Crippen LogP contribution in [0.4, 0.5) is 0 Å².